The van der Waals surface area contributed by atoms with Crippen LogP contribution in [-0.2, 0) is 0 Å². The molecule has 0 spiro atoms. The Labute approximate surface area is 89.3 Å². The number of fused-ring (bicyclic) bond motifs is 1. The van der Waals surface area contributed by atoms with Gasteiger partial charge in [-0.2, -0.15) is 0 Å². The molecule has 74 valence electrons. The Morgan fingerprint density at radius 3 is 2.79 bits per heavy atom. The molecule has 0 saturated heterocycles. The summed E-state index contributed by atoms with van der Waals surface area (Å²) in [5.41, 5.74) is 0.967. The molecule has 0 aromatic heterocycles. The van der Waals surface area contributed by atoms with E-state index in [1.807, 2.05) is 24.3 Å². The summed E-state index contributed by atoms with van der Waals surface area (Å²) in [6, 6.07) is 7.86. The lowest BCUT2D eigenvalue weighted by Gasteiger charge is -2.30. The monoisotopic (exact) mass is 207 g/mol. The highest BCUT2D eigenvalue weighted by Crippen LogP contribution is 2.31. The molecule has 1 unspecified atom stereocenters. The number of benzene rings is 1. The standard InChI is InChI=1S/C11H13NOS/c1-7(2)10-11(14)12-8-5-3-4-6-9(8)13-10/h3-7,10H,1-2H3,(H,12,14). The Kier molecular flexibility index (Phi) is 2.42. The van der Waals surface area contributed by atoms with Gasteiger partial charge in [0.2, 0.25) is 0 Å². The number of hydrogen-bond acceptors (Lipinski definition) is 2. The first kappa shape index (κ1) is 9.46. The Morgan fingerprint density at radius 2 is 2.07 bits per heavy atom. The fourth-order valence-electron chi connectivity index (χ4n) is 1.51. The van der Waals surface area contributed by atoms with Gasteiger partial charge in [0.05, 0.1) is 5.69 Å². The van der Waals surface area contributed by atoms with Crippen LogP contribution in [-0.4, -0.2) is 11.1 Å². The van der Waals surface area contributed by atoms with Crippen LogP contribution < -0.4 is 10.1 Å². The van der Waals surface area contributed by atoms with Crippen LogP contribution in [0.15, 0.2) is 24.3 Å². The van der Waals surface area contributed by atoms with Gasteiger partial charge in [0.25, 0.3) is 0 Å². The van der Waals surface area contributed by atoms with E-state index < -0.39 is 0 Å². The molecule has 0 fully saturated rings. The first-order valence-electron chi connectivity index (χ1n) is 4.75. The van der Waals surface area contributed by atoms with Crippen LogP contribution in [0, 0.1) is 5.92 Å². The average molecular weight is 207 g/mol. The smallest absolute Gasteiger partial charge is 0.151 e. The molecule has 14 heavy (non-hydrogen) atoms. The summed E-state index contributed by atoms with van der Waals surface area (Å²) < 4.78 is 5.80. The van der Waals surface area contributed by atoms with Crippen molar-refractivity contribution < 1.29 is 4.74 Å². The van der Waals surface area contributed by atoms with Gasteiger partial charge in [-0.15, -0.1) is 0 Å². The highest BCUT2D eigenvalue weighted by Gasteiger charge is 2.26. The molecule has 0 radical (unpaired) electrons. The largest absolute Gasteiger partial charge is 0.481 e. The van der Waals surface area contributed by atoms with Crippen molar-refractivity contribution in [2.24, 2.45) is 5.92 Å². The molecule has 1 heterocycles. The van der Waals surface area contributed by atoms with Crippen LogP contribution in [0.25, 0.3) is 0 Å². The molecule has 0 saturated carbocycles. The van der Waals surface area contributed by atoms with E-state index in [1.54, 1.807) is 0 Å². The maximum atomic E-state index is 5.80. The summed E-state index contributed by atoms with van der Waals surface area (Å²) in [4.78, 5) is 0.777. The Morgan fingerprint density at radius 1 is 1.36 bits per heavy atom. The first-order valence-corrected chi connectivity index (χ1v) is 5.16. The van der Waals surface area contributed by atoms with Gasteiger partial charge in [0.15, 0.2) is 6.10 Å². The van der Waals surface area contributed by atoms with Crippen molar-refractivity contribution in [1.29, 1.82) is 0 Å². The molecule has 1 aromatic carbocycles. The highest BCUT2D eigenvalue weighted by molar-refractivity contribution is 7.80. The van der Waals surface area contributed by atoms with Crippen LogP contribution in [0.2, 0.25) is 0 Å². The molecule has 1 N–H and O–H groups in total. The maximum absolute atomic E-state index is 5.80. The van der Waals surface area contributed by atoms with E-state index in [9.17, 15) is 0 Å². The lowest BCUT2D eigenvalue weighted by atomic mass is 10.1. The number of rotatable bonds is 1. The van der Waals surface area contributed by atoms with Crippen molar-refractivity contribution in [2.75, 3.05) is 5.32 Å². The number of thiocarbonyl (C=S) groups is 1. The zero-order valence-electron chi connectivity index (χ0n) is 8.28. The summed E-state index contributed by atoms with van der Waals surface area (Å²) in [6.45, 7) is 4.21. The summed E-state index contributed by atoms with van der Waals surface area (Å²) in [7, 11) is 0. The third-order valence-corrected chi connectivity index (χ3v) is 2.60. The number of nitrogens with one attached hydrogen (secondary N) is 1. The van der Waals surface area contributed by atoms with Crippen LogP contribution in [0.5, 0.6) is 5.75 Å². The van der Waals surface area contributed by atoms with Gasteiger partial charge in [-0.1, -0.05) is 38.2 Å². The topological polar surface area (TPSA) is 21.3 Å². The van der Waals surface area contributed by atoms with Gasteiger partial charge in [0, 0.05) is 0 Å². The van der Waals surface area contributed by atoms with Crippen molar-refractivity contribution in [2.45, 2.75) is 20.0 Å². The minimum absolute atomic E-state index is 0.0000926. The Bertz CT molecular complexity index is 362. The van der Waals surface area contributed by atoms with Crippen molar-refractivity contribution in [3.63, 3.8) is 0 Å². The summed E-state index contributed by atoms with van der Waals surface area (Å²) in [6.07, 6.45) is -0.0000926. The molecule has 1 atom stereocenters. The maximum Gasteiger partial charge on any atom is 0.151 e. The van der Waals surface area contributed by atoms with E-state index in [-0.39, 0.29) is 6.10 Å². The van der Waals surface area contributed by atoms with Crippen molar-refractivity contribution >= 4 is 22.9 Å². The first-order chi connectivity index (χ1) is 6.68. The number of ether oxygens (including phenoxy) is 1. The van der Waals surface area contributed by atoms with Gasteiger partial charge >= 0.3 is 0 Å². The van der Waals surface area contributed by atoms with E-state index in [0.29, 0.717) is 5.92 Å². The van der Waals surface area contributed by atoms with Crippen LogP contribution >= 0.6 is 12.2 Å². The molecular weight excluding hydrogens is 194 g/mol. The third-order valence-electron chi connectivity index (χ3n) is 2.26. The minimum Gasteiger partial charge on any atom is -0.481 e. The van der Waals surface area contributed by atoms with E-state index in [4.69, 9.17) is 17.0 Å². The van der Waals surface area contributed by atoms with E-state index in [2.05, 4.69) is 19.2 Å². The van der Waals surface area contributed by atoms with Crippen molar-refractivity contribution in [3.05, 3.63) is 24.3 Å². The van der Waals surface area contributed by atoms with Gasteiger partial charge < -0.3 is 10.1 Å². The van der Waals surface area contributed by atoms with E-state index >= 15 is 0 Å². The molecule has 2 rings (SSSR count). The summed E-state index contributed by atoms with van der Waals surface area (Å²) >= 11 is 5.24. The van der Waals surface area contributed by atoms with Crippen LogP contribution in [0.1, 0.15) is 13.8 Å². The van der Waals surface area contributed by atoms with Crippen LogP contribution in [0.3, 0.4) is 0 Å². The lowest BCUT2D eigenvalue weighted by molar-refractivity contribution is 0.214. The van der Waals surface area contributed by atoms with Gasteiger partial charge in [0.1, 0.15) is 10.7 Å². The molecule has 3 heteroatoms. The second kappa shape index (κ2) is 3.58. The average Bonchev–Trinajstić information content (AvgIpc) is 2.16. The fraction of sp³-hybridized carbons (Fsp3) is 0.364. The third kappa shape index (κ3) is 1.60. The summed E-state index contributed by atoms with van der Waals surface area (Å²) in [5.74, 6) is 1.28. The number of para-hydroxylation sites is 2. The van der Waals surface area contributed by atoms with Crippen molar-refractivity contribution in [3.8, 4) is 5.75 Å². The fourth-order valence-corrected chi connectivity index (χ4v) is 1.94. The van der Waals surface area contributed by atoms with Gasteiger partial charge in [-0.3, -0.25) is 0 Å². The second-order valence-electron chi connectivity index (χ2n) is 3.77. The number of anilines is 1. The lowest BCUT2D eigenvalue weighted by Crippen LogP contribution is -2.39. The molecule has 1 aromatic rings. The molecular formula is C11H13NOS. The zero-order valence-corrected chi connectivity index (χ0v) is 9.10. The minimum atomic E-state index is -0.0000926. The molecule has 1 aliphatic rings. The van der Waals surface area contributed by atoms with Gasteiger partial charge in [-0.25, -0.2) is 0 Å². The number of hydrogen-bond donors (Lipinski definition) is 1. The van der Waals surface area contributed by atoms with E-state index in [1.165, 1.54) is 0 Å². The predicted octanol–water partition coefficient (Wildman–Crippen LogP) is 2.84. The molecule has 0 aliphatic carbocycles. The predicted molar refractivity (Wildman–Crippen MR) is 61.9 cm³/mol. The normalized spacial score (nSPS) is 19.9. The SMILES string of the molecule is CC(C)C1Oc2ccccc2NC1=S. The Hall–Kier alpha value is -1.09. The molecule has 1 aliphatic heterocycles. The molecule has 0 amide bonds. The quantitative estimate of drug-likeness (QED) is 0.715. The van der Waals surface area contributed by atoms with Crippen molar-refractivity contribution in [1.82, 2.24) is 0 Å². The zero-order chi connectivity index (χ0) is 10.1. The second-order valence-corrected chi connectivity index (χ2v) is 4.21. The highest BCUT2D eigenvalue weighted by atomic mass is 32.1. The summed E-state index contributed by atoms with van der Waals surface area (Å²) in [5, 5.41) is 3.20. The molecule has 2 nitrogen and oxygen atoms in total. The van der Waals surface area contributed by atoms with E-state index in [0.717, 1.165) is 16.4 Å². The molecule has 0 bridgehead atoms. The Balaban J connectivity index is 2.31. The van der Waals surface area contributed by atoms with Crippen LogP contribution in [0.4, 0.5) is 5.69 Å². The van der Waals surface area contributed by atoms with Gasteiger partial charge in [-0.05, 0) is 18.1 Å².